The van der Waals surface area contributed by atoms with Gasteiger partial charge in [0.15, 0.2) is 5.82 Å². The molecule has 0 amide bonds. The molecule has 0 saturated carbocycles. The fourth-order valence-electron chi connectivity index (χ4n) is 2.37. The van der Waals surface area contributed by atoms with Gasteiger partial charge in [-0.25, -0.2) is 13.8 Å². The van der Waals surface area contributed by atoms with E-state index in [0.29, 0.717) is 18.7 Å². The largest absolute Gasteiger partial charge is 0.384 e. The molecule has 0 aliphatic carbocycles. The highest BCUT2D eigenvalue weighted by Crippen LogP contribution is 2.35. The maximum atomic E-state index is 14.4. The first kappa shape index (κ1) is 15.2. The van der Waals surface area contributed by atoms with Crippen LogP contribution in [0.1, 0.15) is 31.5 Å². The number of halogens is 3. The minimum Gasteiger partial charge on any atom is -0.384 e. The molecule has 5 heteroatoms. The number of hydrogen-bond donors (Lipinski definition) is 1. The quantitative estimate of drug-likeness (QED) is 0.793. The Hall–Kier alpha value is -1.23. The van der Waals surface area contributed by atoms with Crippen LogP contribution in [0, 0.1) is 18.6 Å². The van der Waals surface area contributed by atoms with Crippen molar-refractivity contribution in [2.24, 2.45) is 0 Å². The van der Waals surface area contributed by atoms with E-state index in [-0.39, 0.29) is 15.4 Å². The molecule has 2 rings (SSSR count). The number of aryl methyl sites for hydroxylation is 1. The first-order valence-electron chi connectivity index (χ1n) is 6.71. The molecule has 108 valence electrons. The molecule has 1 aromatic heterocycles. The number of pyridine rings is 1. The fraction of sp³-hybridized carbons (Fsp3) is 0.400. The van der Waals surface area contributed by atoms with Crippen molar-refractivity contribution in [3.63, 3.8) is 0 Å². The molecule has 0 spiro atoms. The van der Waals surface area contributed by atoms with Gasteiger partial charge in [0.05, 0.1) is 15.5 Å². The summed E-state index contributed by atoms with van der Waals surface area (Å²) in [6, 6.07) is 1.12. The normalized spacial score (nSPS) is 11.1. The Morgan fingerprint density at radius 1 is 1.30 bits per heavy atom. The molecule has 1 N–H and O–H groups in total. The van der Waals surface area contributed by atoms with Crippen molar-refractivity contribution in [2.75, 3.05) is 11.9 Å². The number of hydrogen-bond acceptors (Lipinski definition) is 2. The van der Waals surface area contributed by atoms with Gasteiger partial charge in [-0.15, -0.1) is 0 Å². The standard InChI is InChI=1S/C15H17BrF2N2/c1-4-6-19-14-9(5-2)8(3)20-15-11(17)7-10(16)13(18)12(14)15/h7H,4-6H2,1-3H3,(H,19,20). The summed E-state index contributed by atoms with van der Waals surface area (Å²) in [4.78, 5) is 4.24. The molecule has 0 aliphatic heterocycles. The van der Waals surface area contributed by atoms with Gasteiger partial charge in [-0.1, -0.05) is 13.8 Å². The first-order chi connectivity index (χ1) is 9.51. The molecule has 20 heavy (non-hydrogen) atoms. The number of rotatable bonds is 4. The van der Waals surface area contributed by atoms with E-state index in [1.807, 2.05) is 20.8 Å². The summed E-state index contributed by atoms with van der Waals surface area (Å²) < 4.78 is 28.6. The predicted molar refractivity (Wildman–Crippen MR) is 82.3 cm³/mol. The predicted octanol–water partition coefficient (Wildman–Crippen LogP) is 4.97. The van der Waals surface area contributed by atoms with E-state index < -0.39 is 11.6 Å². The lowest BCUT2D eigenvalue weighted by atomic mass is 10.0. The summed E-state index contributed by atoms with van der Waals surface area (Å²) >= 11 is 3.06. The number of nitrogens with one attached hydrogen (secondary N) is 1. The zero-order valence-electron chi connectivity index (χ0n) is 11.8. The van der Waals surface area contributed by atoms with Gasteiger partial charge in [0.2, 0.25) is 0 Å². The first-order valence-corrected chi connectivity index (χ1v) is 7.51. The van der Waals surface area contributed by atoms with Gasteiger partial charge in [0.25, 0.3) is 0 Å². The SMILES string of the molecule is CCCNc1c(CC)c(C)nc2c(F)cc(Br)c(F)c12. The highest BCUT2D eigenvalue weighted by Gasteiger charge is 2.19. The third-order valence-corrected chi connectivity index (χ3v) is 3.90. The number of fused-ring (bicyclic) bond motifs is 1. The zero-order chi connectivity index (χ0) is 14.9. The van der Waals surface area contributed by atoms with Gasteiger partial charge in [0, 0.05) is 12.2 Å². The summed E-state index contributed by atoms with van der Waals surface area (Å²) in [5.74, 6) is -0.985. The number of benzene rings is 1. The van der Waals surface area contributed by atoms with Crippen molar-refractivity contribution >= 4 is 32.5 Å². The Bertz CT molecular complexity index is 656. The van der Waals surface area contributed by atoms with Crippen molar-refractivity contribution in [1.29, 1.82) is 0 Å². The molecule has 0 saturated heterocycles. The van der Waals surface area contributed by atoms with E-state index in [0.717, 1.165) is 23.7 Å². The highest BCUT2D eigenvalue weighted by molar-refractivity contribution is 9.10. The number of aromatic nitrogens is 1. The highest BCUT2D eigenvalue weighted by atomic mass is 79.9. The van der Waals surface area contributed by atoms with Crippen LogP contribution >= 0.6 is 15.9 Å². The van der Waals surface area contributed by atoms with Crippen molar-refractivity contribution in [3.05, 3.63) is 33.4 Å². The number of anilines is 1. The summed E-state index contributed by atoms with van der Waals surface area (Å²) in [5, 5.41) is 3.45. The van der Waals surface area contributed by atoms with Crippen molar-refractivity contribution in [1.82, 2.24) is 4.98 Å². The summed E-state index contributed by atoms with van der Waals surface area (Å²) in [6.07, 6.45) is 1.62. The molecule has 0 bridgehead atoms. The lowest BCUT2D eigenvalue weighted by molar-refractivity contribution is 0.609. The maximum Gasteiger partial charge on any atom is 0.150 e. The van der Waals surface area contributed by atoms with Crippen molar-refractivity contribution < 1.29 is 8.78 Å². The minimum atomic E-state index is -0.515. The van der Waals surface area contributed by atoms with Crippen LogP contribution in [0.4, 0.5) is 14.5 Å². The van der Waals surface area contributed by atoms with E-state index >= 15 is 0 Å². The second-order valence-electron chi connectivity index (χ2n) is 4.71. The summed E-state index contributed by atoms with van der Waals surface area (Å²) in [5.41, 5.74) is 2.41. The van der Waals surface area contributed by atoms with Crippen LogP contribution in [0.5, 0.6) is 0 Å². The molecule has 1 heterocycles. The summed E-state index contributed by atoms with van der Waals surface area (Å²) in [7, 11) is 0. The lowest BCUT2D eigenvalue weighted by Crippen LogP contribution is -2.08. The Balaban J connectivity index is 2.87. The van der Waals surface area contributed by atoms with Gasteiger partial charge in [-0.2, -0.15) is 0 Å². The third kappa shape index (κ3) is 2.51. The molecule has 0 atom stereocenters. The molecule has 0 aliphatic rings. The van der Waals surface area contributed by atoms with Crippen molar-refractivity contribution in [3.8, 4) is 0 Å². The van der Waals surface area contributed by atoms with Gasteiger partial charge in [0.1, 0.15) is 11.3 Å². The fourth-order valence-corrected chi connectivity index (χ4v) is 2.77. The van der Waals surface area contributed by atoms with Crippen LogP contribution < -0.4 is 5.32 Å². The smallest absolute Gasteiger partial charge is 0.150 e. The van der Waals surface area contributed by atoms with E-state index in [9.17, 15) is 8.78 Å². The molecular weight excluding hydrogens is 326 g/mol. The minimum absolute atomic E-state index is 0.0824. The Labute approximate surface area is 125 Å². The van der Waals surface area contributed by atoms with E-state index in [4.69, 9.17) is 0 Å². The van der Waals surface area contributed by atoms with Crippen LogP contribution in [0.3, 0.4) is 0 Å². The van der Waals surface area contributed by atoms with E-state index in [1.54, 1.807) is 0 Å². The Morgan fingerprint density at radius 3 is 2.60 bits per heavy atom. The van der Waals surface area contributed by atoms with Crippen LogP contribution in [0.25, 0.3) is 10.9 Å². The average molecular weight is 343 g/mol. The van der Waals surface area contributed by atoms with Gasteiger partial charge >= 0.3 is 0 Å². The second-order valence-corrected chi connectivity index (χ2v) is 5.56. The molecule has 2 aromatic rings. The van der Waals surface area contributed by atoms with E-state index in [2.05, 4.69) is 26.2 Å². The Kier molecular flexibility index (Phi) is 4.58. The monoisotopic (exact) mass is 342 g/mol. The van der Waals surface area contributed by atoms with Gasteiger partial charge in [-0.3, -0.25) is 0 Å². The zero-order valence-corrected chi connectivity index (χ0v) is 13.4. The lowest BCUT2D eigenvalue weighted by Gasteiger charge is -2.17. The molecule has 0 unspecified atom stereocenters. The topological polar surface area (TPSA) is 24.9 Å². The molecular formula is C15H17BrF2N2. The van der Waals surface area contributed by atoms with E-state index in [1.165, 1.54) is 0 Å². The molecule has 1 aromatic carbocycles. The van der Waals surface area contributed by atoms with Gasteiger partial charge < -0.3 is 5.32 Å². The Morgan fingerprint density at radius 2 is 2.00 bits per heavy atom. The average Bonchev–Trinajstić information content (AvgIpc) is 2.42. The van der Waals surface area contributed by atoms with Crippen LogP contribution in [0.15, 0.2) is 10.5 Å². The molecule has 0 fully saturated rings. The van der Waals surface area contributed by atoms with Crippen LogP contribution in [-0.2, 0) is 6.42 Å². The van der Waals surface area contributed by atoms with Crippen molar-refractivity contribution in [2.45, 2.75) is 33.6 Å². The number of nitrogens with zero attached hydrogens (tertiary/aromatic N) is 1. The molecule has 0 radical (unpaired) electrons. The maximum absolute atomic E-state index is 14.4. The molecule has 2 nitrogen and oxygen atoms in total. The summed E-state index contributed by atoms with van der Waals surface area (Å²) in [6.45, 7) is 6.55. The van der Waals surface area contributed by atoms with Crippen LogP contribution in [0.2, 0.25) is 0 Å². The van der Waals surface area contributed by atoms with Crippen LogP contribution in [-0.4, -0.2) is 11.5 Å². The third-order valence-electron chi connectivity index (χ3n) is 3.32. The second kappa shape index (κ2) is 6.04. The van der Waals surface area contributed by atoms with Gasteiger partial charge in [-0.05, 0) is 47.3 Å².